The molecule has 0 N–H and O–H groups in total. The van der Waals surface area contributed by atoms with Crippen LogP contribution in [0.2, 0.25) is 0 Å². The molecule has 0 heterocycles. The number of rotatable bonds is 3. The fraction of sp³-hybridized carbons (Fsp3) is 0.164. The zero-order chi connectivity index (χ0) is 37.6. The van der Waals surface area contributed by atoms with Gasteiger partial charge in [-0.05, 0) is 108 Å². The first-order chi connectivity index (χ1) is 27.3. The lowest BCUT2D eigenvalue weighted by Gasteiger charge is -2.35. The van der Waals surface area contributed by atoms with Gasteiger partial charge in [0, 0.05) is 22.6 Å². The summed E-state index contributed by atoms with van der Waals surface area (Å²) in [5.41, 5.74) is 22.2. The van der Waals surface area contributed by atoms with Crippen LogP contribution in [0.4, 0.5) is 17.1 Å². The Kier molecular flexibility index (Phi) is 6.30. The summed E-state index contributed by atoms with van der Waals surface area (Å²) >= 11 is 0. The highest BCUT2D eigenvalue weighted by molar-refractivity contribution is 6.02. The quantitative estimate of drug-likeness (QED) is 0.176. The van der Waals surface area contributed by atoms with E-state index < -0.39 is 5.41 Å². The maximum absolute atomic E-state index is 2.64. The van der Waals surface area contributed by atoms with E-state index in [0.717, 1.165) is 0 Å². The van der Waals surface area contributed by atoms with Crippen molar-refractivity contribution in [2.75, 3.05) is 4.90 Å². The highest BCUT2D eigenvalue weighted by atomic mass is 15.2. The zero-order valence-electron chi connectivity index (χ0n) is 32.3. The van der Waals surface area contributed by atoms with Crippen molar-refractivity contribution in [1.29, 1.82) is 0 Å². The van der Waals surface area contributed by atoms with Crippen molar-refractivity contribution in [2.24, 2.45) is 5.92 Å². The van der Waals surface area contributed by atoms with Crippen LogP contribution in [0.1, 0.15) is 78.1 Å². The SMILES string of the molecule is CC1(C)c2ccccc2-c2cccc(N(c3ccc4c(c3)C(C)(C)C3C=CC=CC43)c3cccc4c3-c3ccccc3C43c4ccccc4-c4ccccc43)c21. The van der Waals surface area contributed by atoms with E-state index in [4.69, 9.17) is 0 Å². The van der Waals surface area contributed by atoms with Crippen LogP contribution in [0, 0.1) is 5.92 Å². The highest BCUT2D eigenvalue weighted by Crippen LogP contribution is 2.65. The Morgan fingerprint density at radius 3 is 1.70 bits per heavy atom. The van der Waals surface area contributed by atoms with Crippen molar-refractivity contribution in [3.63, 3.8) is 0 Å². The molecule has 5 aliphatic carbocycles. The summed E-state index contributed by atoms with van der Waals surface area (Å²) in [6, 6.07) is 58.0. The molecule has 0 amide bonds. The van der Waals surface area contributed by atoms with Gasteiger partial charge in [-0.15, -0.1) is 0 Å². The maximum atomic E-state index is 2.64. The Balaban J connectivity index is 1.18. The Morgan fingerprint density at radius 2 is 0.982 bits per heavy atom. The van der Waals surface area contributed by atoms with Crippen LogP contribution in [0.3, 0.4) is 0 Å². The molecule has 0 aliphatic heterocycles. The number of anilines is 3. The van der Waals surface area contributed by atoms with Gasteiger partial charge >= 0.3 is 0 Å². The number of hydrogen-bond donors (Lipinski definition) is 0. The van der Waals surface area contributed by atoms with Gasteiger partial charge in [0.2, 0.25) is 0 Å². The first kappa shape index (κ1) is 32.1. The van der Waals surface area contributed by atoms with E-state index in [1.807, 2.05) is 0 Å². The summed E-state index contributed by atoms with van der Waals surface area (Å²) in [5.74, 6) is 0.841. The van der Waals surface area contributed by atoms with Gasteiger partial charge in [-0.25, -0.2) is 0 Å². The second-order valence-corrected chi connectivity index (χ2v) is 17.6. The molecule has 2 unspecified atom stereocenters. The molecule has 1 heteroatoms. The molecular formula is C55H43N. The third-order valence-electron chi connectivity index (χ3n) is 14.4. The summed E-state index contributed by atoms with van der Waals surface area (Å²) in [6.45, 7) is 9.73. The predicted molar refractivity (Wildman–Crippen MR) is 233 cm³/mol. The molecule has 7 aromatic carbocycles. The predicted octanol–water partition coefficient (Wildman–Crippen LogP) is 13.9. The minimum absolute atomic E-state index is 0.0103. The Morgan fingerprint density at radius 1 is 0.446 bits per heavy atom. The number of fused-ring (bicyclic) bond motifs is 16. The van der Waals surface area contributed by atoms with E-state index >= 15 is 0 Å². The summed E-state index contributed by atoms with van der Waals surface area (Å²) in [7, 11) is 0. The van der Waals surface area contributed by atoms with Gasteiger partial charge in [0.15, 0.2) is 0 Å². The maximum Gasteiger partial charge on any atom is 0.0726 e. The normalized spacial score (nSPS) is 19.7. The van der Waals surface area contributed by atoms with Crippen molar-refractivity contribution in [1.82, 2.24) is 0 Å². The average Bonchev–Trinajstić information content (AvgIpc) is 3.87. The van der Waals surface area contributed by atoms with E-state index in [0.29, 0.717) is 11.8 Å². The van der Waals surface area contributed by atoms with Gasteiger partial charge in [0.1, 0.15) is 0 Å². The molecule has 1 spiro atoms. The second kappa shape index (κ2) is 11.0. The molecule has 1 nitrogen and oxygen atoms in total. The fourth-order valence-corrected chi connectivity index (χ4v) is 12.0. The number of benzene rings is 7. The molecule has 7 aromatic rings. The Bertz CT molecular complexity index is 2850. The van der Waals surface area contributed by atoms with Crippen LogP contribution in [0.25, 0.3) is 33.4 Å². The molecule has 268 valence electrons. The third kappa shape index (κ3) is 3.81. The summed E-state index contributed by atoms with van der Waals surface area (Å²) < 4.78 is 0. The molecule has 0 radical (unpaired) electrons. The van der Waals surface area contributed by atoms with Crippen LogP contribution in [0.15, 0.2) is 176 Å². The molecule has 2 atom stereocenters. The molecule has 0 saturated carbocycles. The Labute approximate surface area is 330 Å². The lowest BCUT2D eigenvalue weighted by atomic mass is 9.70. The average molecular weight is 718 g/mol. The first-order valence-electron chi connectivity index (χ1n) is 20.3. The molecule has 0 saturated heterocycles. The van der Waals surface area contributed by atoms with Gasteiger partial charge < -0.3 is 4.90 Å². The van der Waals surface area contributed by atoms with Crippen LogP contribution in [0.5, 0.6) is 0 Å². The number of nitrogens with zero attached hydrogens (tertiary/aromatic N) is 1. The number of allylic oxidation sites excluding steroid dienone is 4. The first-order valence-corrected chi connectivity index (χ1v) is 20.3. The van der Waals surface area contributed by atoms with Crippen molar-refractivity contribution in [3.8, 4) is 33.4 Å². The molecule has 56 heavy (non-hydrogen) atoms. The van der Waals surface area contributed by atoms with Crippen LogP contribution in [-0.2, 0) is 16.2 Å². The largest absolute Gasteiger partial charge is 0.310 e. The Hall–Kier alpha value is -6.18. The van der Waals surface area contributed by atoms with E-state index in [1.54, 1.807) is 0 Å². The lowest BCUT2D eigenvalue weighted by molar-refractivity contribution is 0.394. The molecule has 0 aromatic heterocycles. The number of hydrogen-bond acceptors (Lipinski definition) is 1. The fourth-order valence-electron chi connectivity index (χ4n) is 12.0. The van der Waals surface area contributed by atoms with E-state index in [2.05, 4.69) is 209 Å². The summed E-state index contributed by atoms with van der Waals surface area (Å²) in [5, 5.41) is 0. The van der Waals surface area contributed by atoms with Crippen LogP contribution < -0.4 is 4.90 Å². The van der Waals surface area contributed by atoms with Gasteiger partial charge in [0.25, 0.3) is 0 Å². The molecule has 0 fully saturated rings. The summed E-state index contributed by atoms with van der Waals surface area (Å²) in [4.78, 5) is 2.64. The van der Waals surface area contributed by atoms with Gasteiger partial charge in [-0.1, -0.05) is 179 Å². The van der Waals surface area contributed by atoms with E-state index in [9.17, 15) is 0 Å². The standard InChI is InChI=1S/C55H43N/c1-53(2)42-23-10-5-17-35(42)39-32-31-34(33-48(39)53)56(50-30-15-22-40-38-20-6-11-24-43(38)54(3,4)52(40)50)49-29-16-28-47-51(49)41-21-9-14-27-46(41)55(47)44-25-12-7-18-36(44)37-19-8-13-26-45(37)55/h5-33,35,42H,1-4H3. The van der Waals surface area contributed by atoms with Gasteiger partial charge in [-0.2, -0.15) is 0 Å². The lowest BCUT2D eigenvalue weighted by Crippen LogP contribution is -2.26. The summed E-state index contributed by atoms with van der Waals surface area (Å²) in [6.07, 6.45) is 9.33. The highest BCUT2D eigenvalue weighted by Gasteiger charge is 2.53. The third-order valence-corrected chi connectivity index (χ3v) is 14.4. The van der Waals surface area contributed by atoms with Gasteiger partial charge in [-0.3, -0.25) is 0 Å². The van der Waals surface area contributed by atoms with Crippen molar-refractivity contribution >= 4 is 17.1 Å². The monoisotopic (exact) mass is 717 g/mol. The smallest absolute Gasteiger partial charge is 0.0726 e. The van der Waals surface area contributed by atoms with Gasteiger partial charge in [0.05, 0.1) is 16.8 Å². The minimum Gasteiger partial charge on any atom is -0.310 e. The zero-order valence-corrected chi connectivity index (χ0v) is 32.3. The van der Waals surface area contributed by atoms with Crippen LogP contribution in [-0.4, -0.2) is 0 Å². The molecule has 0 bridgehead atoms. The van der Waals surface area contributed by atoms with Crippen molar-refractivity contribution in [2.45, 2.75) is 49.9 Å². The van der Waals surface area contributed by atoms with E-state index in [-0.39, 0.29) is 10.8 Å². The van der Waals surface area contributed by atoms with Crippen LogP contribution >= 0.6 is 0 Å². The second-order valence-electron chi connectivity index (χ2n) is 17.6. The minimum atomic E-state index is -0.413. The topological polar surface area (TPSA) is 3.24 Å². The molecule has 12 rings (SSSR count). The molecular weight excluding hydrogens is 675 g/mol. The van der Waals surface area contributed by atoms with Crippen molar-refractivity contribution in [3.05, 3.63) is 220 Å². The molecule has 5 aliphatic rings. The van der Waals surface area contributed by atoms with E-state index in [1.165, 1.54) is 95.0 Å². The van der Waals surface area contributed by atoms with Crippen molar-refractivity contribution < 1.29 is 0 Å².